The molecule has 0 spiro atoms. The van der Waals surface area contributed by atoms with Crippen molar-refractivity contribution in [1.82, 2.24) is 4.98 Å². The maximum Gasteiger partial charge on any atom is 0.274 e. The van der Waals surface area contributed by atoms with Gasteiger partial charge in [-0.05, 0) is 48.4 Å². The van der Waals surface area contributed by atoms with Gasteiger partial charge in [0, 0.05) is 23.3 Å². The van der Waals surface area contributed by atoms with Crippen molar-refractivity contribution in [2.24, 2.45) is 0 Å². The molecular weight excluding hydrogens is 378 g/mol. The Balaban J connectivity index is 1.31. The quantitative estimate of drug-likeness (QED) is 0.648. The van der Waals surface area contributed by atoms with Crippen molar-refractivity contribution in [2.45, 2.75) is 6.42 Å². The summed E-state index contributed by atoms with van der Waals surface area (Å²) in [4.78, 5) is 16.6. The van der Waals surface area contributed by atoms with Crippen LogP contribution in [0.15, 0.2) is 60.8 Å². The van der Waals surface area contributed by atoms with Crippen LogP contribution in [0.5, 0.6) is 11.5 Å². The van der Waals surface area contributed by atoms with Gasteiger partial charge in [0.1, 0.15) is 5.69 Å². The zero-order valence-corrected chi connectivity index (χ0v) is 15.7. The normalized spacial score (nSPS) is 11.9. The summed E-state index contributed by atoms with van der Waals surface area (Å²) < 4.78 is 10.6. The van der Waals surface area contributed by atoms with E-state index in [0.29, 0.717) is 22.9 Å². The molecule has 7 heteroatoms. The topological polar surface area (TPSA) is 72.5 Å². The molecule has 1 amide bonds. The lowest BCUT2D eigenvalue weighted by molar-refractivity contribution is 0.102. The van der Waals surface area contributed by atoms with Gasteiger partial charge < -0.3 is 20.1 Å². The molecule has 0 fully saturated rings. The first kappa shape index (κ1) is 18.1. The van der Waals surface area contributed by atoms with Crippen molar-refractivity contribution in [2.75, 3.05) is 24.0 Å². The minimum atomic E-state index is -0.286. The lowest BCUT2D eigenvalue weighted by atomic mass is 10.1. The number of anilines is 2. The number of aromatic nitrogens is 1. The van der Waals surface area contributed by atoms with Gasteiger partial charge in [0.05, 0.1) is 11.9 Å². The number of ether oxygens (including phenoxy) is 2. The molecule has 1 aliphatic rings. The van der Waals surface area contributed by atoms with E-state index in [4.69, 9.17) is 21.1 Å². The van der Waals surface area contributed by atoms with Crippen LogP contribution >= 0.6 is 11.6 Å². The fourth-order valence-electron chi connectivity index (χ4n) is 2.80. The van der Waals surface area contributed by atoms with E-state index in [-0.39, 0.29) is 12.7 Å². The Labute approximate surface area is 167 Å². The molecule has 2 aromatic carbocycles. The molecule has 1 aliphatic heterocycles. The molecule has 0 aliphatic carbocycles. The number of hydrogen-bond acceptors (Lipinski definition) is 5. The van der Waals surface area contributed by atoms with E-state index in [1.54, 1.807) is 30.5 Å². The third kappa shape index (κ3) is 4.35. The smallest absolute Gasteiger partial charge is 0.274 e. The standard InChI is InChI=1S/C21H18ClN3O3/c22-15-3-1-14(2-4-15)9-10-23-17-5-7-18(24-12-17)21(26)25-16-6-8-19-20(11-16)28-13-27-19/h1-8,11-12,23H,9-10,13H2,(H,25,26). The van der Waals surface area contributed by atoms with Gasteiger partial charge in [0.15, 0.2) is 11.5 Å². The van der Waals surface area contributed by atoms with Crippen LogP contribution in [-0.2, 0) is 6.42 Å². The first-order valence-electron chi connectivity index (χ1n) is 8.83. The van der Waals surface area contributed by atoms with E-state index < -0.39 is 0 Å². The molecule has 0 saturated carbocycles. The van der Waals surface area contributed by atoms with E-state index >= 15 is 0 Å². The number of halogens is 1. The number of fused-ring (bicyclic) bond motifs is 1. The van der Waals surface area contributed by atoms with Crippen LogP contribution in [0.3, 0.4) is 0 Å². The summed E-state index contributed by atoms with van der Waals surface area (Å²) in [5.74, 6) is 1.00. The number of rotatable bonds is 6. The van der Waals surface area contributed by atoms with Gasteiger partial charge in [-0.1, -0.05) is 23.7 Å². The van der Waals surface area contributed by atoms with Crippen LogP contribution in [-0.4, -0.2) is 24.2 Å². The Hall–Kier alpha value is -3.25. The molecule has 3 aromatic rings. The van der Waals surface area contributed by atoms with Gasteiger partial charge in [-0.25, -0.2) is 4.98 Å². The average molecular weight is 396 g/mol. The van der Waals surface area contributed by atoms with Gasteiger partial charge in [-0.3, -0.25) is 4.79 Å². The third-order valence-corrected chi connectivity index (χ3v) is 4.53. The van der Waals surface area contributed by atoms with Gasteiger partial charge in [0.25, 0.3) is 5.91 Å². The second-order valence-electron chi connectivity index (χ2n) is 6.26. The second-order valence-corrected chi connectivity index (χ2v) is 6.69. The number of carbonyl (C=O) groups excluding carboxylic acids is 1. The maximum absolute atomic E-state index is 12.4. The molecule has 0 radical (unpaired) electrons. The minimum Gasteiger partial charge on any atom is -0.454 e. The molecule has 6 nitrogen and oxygen atoms in total. The molecule has 4 rings (SSSR count). The van der Waals surface area contributed by atoms with E-state index in [9.17, 15) is 4.79 Å². The number of amides is 1. The Morgan fingerprint density at radius 2 is 1.79 bits per heavy atom. The molecule has 142 valence electrons. The summed E-state index contributed by atoms with van der Waals surface area (Å²) in [6.07, 6.45) is 2.51. The molecule has 0 atom stereocenters. The Morgan fingerprint density at radius 1 is 1.00 bits per heavy atom. The fourth-order valence-corrected chi connectivity index (χ4v) is 2.93. The zero-order chi connectivity index (χ0) is 19.3. The van der Waals surface area contributed by atoms with Crippen molar-refractivity contribution in [3.05, 3.63) is 77.1 Å². The summed E-state index contributed by atoms with van der Waals surface area (Å²) in [5.41, 5.74) is 3.01. The van der Waals surface area contributed by atoms with Crippen molar-refractivity contribution in [1.29, 1.82) is 0 Å². The summed E-state index contributed by atoms with van der Waals surface area (Å²) in [6.45, 7) is 0.951. The summed E-state index contributed by atoms with van der Waals surface area (Å²) in [6, 6.07) is 16.6. The van der Waals surface area contributed by atoms with E-state index in [2.05, 4.69) is 15.6 Å². The van der Waals surface area contributed by atoms with E-state index in [1.807, 2.05) is 30.3 Å². The van der Waals surface area contributed by atoms with Crippen LogP contribution in [0.1, 0.15) is 16.1 Å². The fraction of sp³-hybridized carbons (Fsp3) is 0.143. The molecular formula is C21H18ClN3O3. The number of carbonyl (C=O) groups is 1. The summed E-state index contributed by atoms with van der Waals surface area (Å²) >= 11 is 5.89. The van der Waals surface area contributed by atoms with Crippen molar-refractivity contribution < 1.29 is 14.3 Å². The van der Waals surface area contributed by atoms with Crippen molar-refractivity contribution in [3.63, 3.8) is 0 Å². The highest BCUT2D eigenvalue weighted by Gasteiger charge is 2.15. The lowest BCUT2D eigenvalue weighted by Crippen LogP contribution is -2.14. The monoisotopic (exact) mass is 395 g/mol. The molecule has 1 aromatic heterocycles. The zero-order valence-electron chi connectivity index (χ0n) is 14.9. The Bertz CT molecular complexity index is 975. The van der Waals surface area contributed by atoms with Gasteiger partial charge in [0.2, 0.25) is 6.79 Å². The first-order chi connectivity index (χ1) is 13.7. The van der Waals surface area contributed by atoms with Crippen LogP contribution in [0.2, 0.25) is 5.02 Å². The number of pyridine rings is 1. The summed E-state index contributed by atoms with van der Waals surface area (Å²) in [7, 11) is 0. The SMILES string of the molecule is O=C(Nc1ccc2c(c1)OCO2)c1ccc(NCCc2ccc(Cl)cc2)cn1. The van der Waals surface area contributed by atoms with Gasteiger partial charge >= 0.3 is 0 Å². The molecule has 0 saturated heterocycles. The molecule has 28 heavy (non-hydrogen) atoms. The number of nitrogens with one attached hydrogen (secondary N) is 2. The predicted octanol–water partition coefficient (Wildman–Crippen LogP) is 4.37. The molecule has 2 heterocycles. The minimum absolute atomic E-state index is 0.195. The van der Waals surface area contributed by atoms with E-state index in [1.165, 1.54) is 5.56 Å². The summed E-state index contributed by atoms with van der Waals surface area (Å²) in [5, 5.41) is 6.83. The highest BCUT2D eigenvalue weighted by atomic mass is 35.5. The van der Waals surface area contributed by atoms with Crippen molar-refractivity contribution in [3.8, 4) is 11.5 Å². The lowest BCUT2D eigenvalue weighted by Gasteiger charge is -2.08. The van der Waals surface area contributed by atoms with Crippen LogP contribution in [0.4, 0.5) is 11.4 Å². The average Bonchev–Trinajstić information content (AvgIpc) is 3.18. The van der Waals surface area contributed by atoms with Crippen LogP contribution < -0.4 is 20.1 Å². The molecule has 2 N–H and O–H groups in total. The van der Waals surface area contributed by atoms with Crippen molar-refractivity contribution >= 4 is 28.9 Å². The largest absolute Gasteiger partial charge is 0.454 e. The Morgan fingerprint density at radius 3 is 2.57 bits per heavy atom. The second kappa shape index (κ2) is 8.19. The van der Waals surface area contributed by atoms with Gasteiger partial charge in [-0.15, -0.1) is 0 Å². The van der Waals surface area contributed by atoms with E-state index in [0.717, 1.165) is 23.7 Å². The number of hydrogen-bond donors (Lipinski definition) is 2. The van der Waals surface area contributed by atoms with Gasteiger partial charge in [-0.2, -0.15) is 0 Å². The highest BCUT2D eigenvalue weighted by Crippen LogP contribution is 2.34. The third-order valence-electron chi connectivity index (χ3n) is 4.28. The van der Waals surface area contributed by atoms with Crippen LogP contribution in [0, 0.1) is 0 Å². The predicted molar refractivity (Wildman–Crippen MR) is 108 cm³/mol. The molecule has 0 bridgehead atoms. The number of nitrogens with zero attached hydrogens (tertiary/aromatic N) is 1. The molecule has 0 unspecified atom stereocenters. The highest BCUT2D eigenvalue weighted by molar-refractivity contribution is 6.30. The number of benzene rings is 2. The maximum atomic E-state index is 12.4. The first-order valence-corrected chi connectivity index (χ1v) is 9.20. The Kier molecular flexibility index (Phi) is 5.30. The van der Waals surface area contributed by atoms with Crippen LogP contribution in [0.25, 0.3) is 0 Å².